The maximum atomic E-state index is 12.2. The largest absolute Gasteiger partial charge is 0.367 e. The van der Waals surface area contributed by atoms with Crippen LogP contribution in [0.25, 0.3) is 0 Å². The summed E-state index contributed by atoms with van der Waals surface area (Å²) in [6.07, 6.45) is 3.38. The van der Waals surface area contributed by atoms with Gasteiger partial charge in [0.2, 0.25) is 0 Å². The van der Waals surface area contributed by atoms with E-state index in [0.717, 1.165) is 31.6 Å². The van der Waals surface area contributed by atoms with Gasteiger partial charge in [-0.1, -0.05) is 44.2 Å². The van der Waals surface area contributed by atoms with Crippen molar-refractivity contribution in [3.8, 4) is 0 Å². The molecule has 0 saturated carbocycles. The second-order valence-electron chi connectivity index (χ2n) is 7.29. The van der Waals surface area contributed by atoms with Crippen molar-refractivity contribution in [3.63, 3.8) is 0 Å². The molecule has 3 rings (SSSR count). The number of para-hydroxylation sites is 1. The van der Waals surface area contributed by atoms with Crippen molar-refractivity contribution in [2.75, 3.05) is 18.0 Å². The van der Waals surface area contributed by atoms with Gasteiger partial charge in [0.25, 0.3) is 5.91 Å². The summed E-state index contributed by atoms with van der Waals surface area (Å²) in [7, 11) is 0. The van der Waals surface area contributed by atoms with Crippen molar-refractivity contribution in [1.29, 1.82) is 0 Å². The molecule has 1 heterocycles. The average molecular weight is 336 g/mol. The Morgan fingerprint density at radius 3 is 2.64 bits per heavy atom. The van der Waals surface area contributed by atoms with Crippen molar-refractivity contribution in [3.05, 3.63) is 65.2 Å². The van der Waals surface area contributed by atoms with E-state index in [1.807, 2.05) is 12.1 Å². The molecule has 0 fully saturated rings. The lowest BCUT2D eigenvalue weighted by molar-refractivity contribution is 0.0952. The zero-order chi connectivity index (χ0) is 17.6. The number of hydrogen-bond donors (Lipinski definition) is 1. The fourth-order valence-corrected chi connectivity index (χ4v) is 3.33. The first-order chi connectivity index (χ1) is 12.1. The van der Waals surface area contributed by atoms with Gasteiger partial charge in [0, 0.05) is 30.9 Å². The van der Waals surface area contributed by atoms with Crippen LogP contribution in [0.2, 0.25) is 0 Å². The molecule has 1 aliphatic rings. The molecule has 25 heavy (non-hydrogen) atoms. The number of carbonyl (C=O) groups excluding carboxylic acids is 1. The summed E-state index contributed by atoms with van der Waals surface area (Å²) in [6.45, 7) is 7.06. The minimum atomic E-state index is 0.0236. The lowest BCUT2D eigenvalue weighted by Crippen LogP contribution is -2.28. The van der Waals surface area contributed by atoms with Gasteiger partial charge in [-0.25, -0.2) is 0 Å². The van der Waals surface area contributed by atoms with Crippen LogP contribution in [-0.4, -0.2) is 19.0 Å². The molecule has 2 aromatic carbocycles. The summed E-state index contributed by atoms with van der Waals surface area (Å²) in [6, 6.07) is 16.7. The molecular weight excluding hydrogens is 308 g/mol. The number of amides is 1. The normalized spacial score (nSPS) is 13.6. The molecule has 0 aliphatic carbocycles. The number of rotatable bonds is 6. The molecule has 0 unspecified atom stereocenters. The summed E-state index contributed by atoms with van der Waals surface area (Å²) in [5.74, 6) is 0.630. The predicted octanol–water partition coefficient (Wildman–Crippen LogP) is 4.42. The highest BCUT2D eigenvalue weighted by atomic mass is 16.1. The van der Waals surface area contributed by atoms with E-state index in [2.05, 4.69) is 60.5 Å². The van der Waals surface area contributed by atoms with E-state index in [4.69, 9.17) is 0 Å². The molecule has 3 nitrogen and oxygen atoms in total. The fourth-order valence-electron chi connectivity index (χ4n) is 3.33. The summed E-state index contributed by atoms with van der Waals surface area (Å²) in [4.78, 5) is 14.6. The van der Waals surface area contributed by atoms with E-state index in [1.165, 1.54) is 29.7 Å². The number of nitrogens with zero attached hydrogens (tertiary/aromatic N) is 1. The Hall–Kier alpha value is -2.29. The Bertz CT molecular complexity index is 706. The van der Waals surface area contributed by atoms with Gasteiger partial charge in [-0.05, 0) is 54.5 Å². The molecular formula is C22H28N2O. The molecule has 0 atom stereocenters. The number of fused-ring (bicyclic) bond motifs is 1. The summed E-state index contributed by atoms with van der Waals surface area (Å²) < 4.78 is 0. The number of hydrogen-bond acceptors (Lipinski definition) is 2. The lowest BCUT2D eigenvalue weighted by Gasteiger charge is -2.31. The molecule has 0 spiro atoms. The average Bonchev–Trinajstić information content (AvgIpc) is 2.62. The van der Waals surface area contributed by atoms with E-state index < -0.39 is 0 Å². The SMILES string of the molecule is CC(C)CCNC(=O)c1ccc(CN2CCCc3ccccc32)cc1. The molecule has 2 aromatic rings. The molecule has 0 aromatic heterocycles. The van der Waals surface area contributed by atoms with Crippen molar-refractivity contribution in [2.45, 2.75) is 39.7 Å². The van der Waals surface area contributed by atoms with E-state index in [9.17, 15) is 4.79 Å². The summed E-state index contributed by atoms with van der Waals surface area (Å²) in [5.41, 5.74) is 4.78. The zero-order valence-corrected chi connectivity index (χ0v) is 15.3. The van der Waals surface area contributed by atoms with Crippen molar-refractivity contribution in [1.82, 2.24) is 5.32 Å². The Morgan fingerprint density at radius 2 is 1.88 bits per heavy atom. The van der Waals surface area contributed by atoms with E-state index >= 15 is 0 Å². The molecule has 1 N–H and O–H groups in total. The van der Waals surface area contributed by atoms with Crippen LogP contribution in [0.15, 0.2) is 48.5 Å². The van der Waals surface area contributed by atoms with Gasteiger partial charge in [-0.15, -0.1) is 0 Å². The lowest BCUT2D eigenvalue weighted by atomic mass is 10.0. The summed E-state index contributed by atoms with van der Waals surface area (Å²) in [5, 5.41) is 2.99. The van der Waals surface area contributed by atoms with Crippen LogP contribution in [0.3, 0.4) is 0 Å². The van der Waals surface area contributed by atoms with Gasteiger partial charge < -0.3 is 10.2 Å². The molecule has 0 radical (unpaired) electrons. The Kier molecular flexibility index (Phi) is 5.75. The van der Waals surface area contributed by atoms with Crippen molar-refractivity contribution in [2.24, 2.45) is 5.92 Å². The van der Waals surface area contributed by atoms with Gasteiger partial charge in [0.1, 0.15) is 0 Å². The van der Waals surface area contributed by atoms with Crippen LogP contribution in [0.5, 0.6) is 0 Å². The third-order valence-corrected chi connectivity index (χ3v) is 4.80. The Labute approximate surface area is 151 Å². The third kappa shape index (κ3) is 4.62. The van der Waals surface area contributed by atoms with Crippen molar-refractivity contribution < 1.29 is 4.79 Å². The first kappa shape index (κ1) is 17.5. The number of aryl methyl sites for hydroxylation is 1. The first-order valence-electron chi connectivity index (χ1n) is 9.33. The van der Waals surface area contributed by atoms with Crippen LogP contribution in [0, 0.1) is 5.92 Å². The quantitative estimate of drug-likeness (QED) is 0.847. The second-order valence-corrected chi connectivity index (χ2v) is 7.29. The highest BCUT2D eigenvalue weighted by Gasteiger charge is 2.16. The van der Waals surface area contributed by atoms with Gasteiger partial charge in [0.15, 0.2) is 0 Å². The van der Waals surface area contributed by atoms with E-state index in [-0.39, 0.29) is 5.91 Å². The van der Waals surface area contributed by atoms with Gasteiger partial charge >= 0.3 is 0 Å². The number of benzene rings is 2. The Morgan fingerprint density at radius 1 is 1.12 bits per heavy atom. The highest BCUT2D eigenvalue weighted by molar-refractivity contribution is 5.94. The molecule has 132 valence electrons. The van der Waals surface area contributed by atoms with Crippen LogP contribution in [-0.2, 0) is 13.0 Å². The molecule has 0 saturated heterocycles. The smallest absolute Gasteiger partial charge is 0.251 e. The maximum Gasteiger partial charge on any atom is 0.251 e. The van der Waals surface area contributed by atoms with Crippen molar-refractivity contribution >= 4 is 11.6 Å². The zero-order valence-electron chi connectivity index (χ0n) is 15.3. The number of anilines is 1. The maximum absolute atomic E-state index is 12.2. The molecule has 3 heteroatoms. The second kappa shape index (κ2) is 8.19. The van der Waals surface area contributed by atoms with E-state index in [1.54, 1.807) is 0 Å². The number of nitrogens with one attached hydrogen (secondary N) is 1. The van der Waals surface area contributed by atoms with Crippen LogP contribution < -0.4 is 10.2 Å². The molecule has 1 aliphatic heterocycles. The molecule has 1 amide bonds. The first-order valence-corrected chi connectivity index (χ1v) is 9.33. The molecule has 0 bridgehead atoms. The fraction of sp³-hybridized carbons (Fsp3) is 0.409. The van der Waals surface area contributed by atoms with Crippen LogP contribution in [0.1, 0.15) is 48.2 Å². The third-order valence-electron chi connectivity index (χ3n) is 4.80. The monoisotopic (exact) mass is 336 g/mol. The van der Waals surface area contributed by atoms with Crippen LogP contribution >= 0.6 is 0 Å². The van der Waals surface area contributed by atoms with Crippen LogP contribution in [0.4, 0.5) is 5.69 Å². The van der Waals surface area contributed by atoms with Gasteiger partial charge in [-0.3, -0.25) is 4.79 Å². The topological polar surface area (TPSA) is 32.3 Å². The van der Waals surface area contributed by atoms with E-state index in [0.29, 0.717) is 5.92 Å². The van der Waals surface area contributed by atoms with Gasteiger partial charge in [-0.2, -0.15) is 0 Å². The predicted molar refractivity (Wildman–Crippen MR) is 104 cm³/mol. The highest BCUT2D eigenvalue weighted by Crippen LogP contribution is 2.28. The Balaban J connectivity index is 1.61. The number of carbonyl (C=O) groups is 1. The summed E-state index contributed by atoms with van der Waals surface area (Å²) >= 11 is 0. The minimum Gasteiger partial charge on any atom is -0.367 e. The minimum absolute atomic E-state index is 0.0236. The standard InChI is InChI=1S/C22H28N2O/c1-17(2)13-14-23-22(25)20-11-9-18(10-12-20)16-24-15-5-7-19-6-3-4-8-21(19)24/h3-4,6,8-12,17H,5,7,13-16H2,1-2H3,(H,23,25). The van der Waals surface area contributed by atoms with Gasteiger partial charge in [0.05, 0.1) is 0 Å².